The second-order valence-electron chi connectivity index (χ2n) is 7.61. The van der Waals surface area contributed by atoms with E-state index < -0.39 is 0 Å². The maximum Gasteiger partial charge on any atom is 0.279 e. The van der Waals surface area contributed by atoms with Crippen molar-refractivity contribution in [1.29, 1.82) is 0 Å². The maximum absolute atomic E-state index is 13.6. The number of amides is 1. The fourth-order valence-electron chi connectivity index (χ4n) is 3.95. The first kappa shape index (κ1) is 20.4. The molecule has 0 aliphatic carbocycles. The van der Waals surface area contributed by atoms with Crippen molar-refractivity contribution < 1.29 is 9.53 Å². The Kier molecular flexibility index (Phi) is 5.47. The standard InChI is InChI=1S/C25H20ClN3O3/c26-18-12-10-17(11-13-18)22-16-28(14-15-32-22)25(31)23-20-8-4-5-9-21(20)24(30)29(27-23)19-6-2-1-3-7-19/h1-13,22H,14-16H2. The van der Waals surface area contributed by atoms with Crippen molar-refractivity contribution in [3.8, 4) is 5.69 Å². The number of carbonyl (C=O) groups excluding carboxylic acids is 1. The molecular weight excluding hydrogens is 426 g/mol. The topological polar surface area (TPSA) is 64.4 Å². The van der Waals surface area contributed by atoms with Crippen LogP contribution in [0.1, 0.15) is 22.2 Å². The third kappa shape index (κ3) is 3.79. The molecule has 0 spiro atoms. The number of benzene rings is 3. The van der Waals surface area contributed by atoms with Gasteiger partial charge in [0.05, 0.1) is 24.2 Å². The molecule has 3 aromatic carbocycles. The van der Waals surface area contributed by atoms with E-state index in [2.05, 4.69) is 5.10 Å². The summed E-state index contributed by atoms with van der Waals surface area (Å²) in [5, 5.41) is 6.16. The van der Waals surface area contributed by atoms with Crippen LogP contribution in [-0.2, 0) is 4.74 Å². The summed E-state index contributed by atoms with van der Waals surface area (Å²) in [5.41, 5.74) is 1.56. The van der Waals surface area contributed by atoms with Crippen molar-refractivity contribution in [3.05, 3.63) is 105 Å². The molecule has 160 valence electrons. The average Bonchev–Trinajstić information content (AvgIpc) is 2.85. The van der Waals surface area contributed by atoms with Gasteiger partial charge in [0, 0.05) is 17.0 Å². The fraction of sp³-hybridized carbons (Fsp3) is 0.160. The number of carbonyl (C=O) groups is 1. The van der Waals surface area contributed by atoms with Gasteiger partial charge in [-0.2, -0.15) is 9.78 Å². The molecule has 5 rings (SSSR count). The number of nitrogens with zero attached hydrogens (tertiary/aromatic N) is 3. The van der Waals surface area contributed by atoms with Crippen LogP contribution < -0.4 is 5.56 Å². The number of para-hydroxylation sites is 1. The number of hydrogen-bond acceptors (Lipinski definition) is 4. The van der Waals surface area contributed by atoms with Gasteiger partial charge in [0.25, 0.3) is 11.5 Å². The van der Waals surface area contributed by atoms with E-state index >= 15 is 0 Å². The van der Waals surface area contributed by atoms with Crippen molar-refractivity contribution in [2.24, 2.45) is 0 Å². The minimum Gasteiger partial charge on any atom is -0.370 e. The van der Waals surface area contributed by atoms with Gasteiger partial charge in [0.1, 0.15) is 6.10 Å². The van der Waals surface area contributed by atoms with Gasteiger partial charge in [-0.25, -0.2) is 0 Å². The SMILES string of the molecule is O=C(c1nn(-c2ccccc2)c(=O)c2ccccc12)N1CCOC(c2ccc(Cl)cc2)C1. The summed E-state index contributed by atoms with van der Waals surface area (Å²) < 4.78 is 7.21. The molecule has 0 bridgehead atoms. The quantitative estimate of drug-likeness (QED) is 0.473. The minimum atomic E-state index is -0.260. The molecule has 0 radical (unpaired) electrons. The Labute approximate surface area is 189 Å². The first-order valence-corrected chi connectivity index (χ1v) is 10.7. The summed E-state index contributed by atoms with van der Waals surface area (Å²) in [6.45, 7) is 1.25. The zero-order valence-electron chi connectivity index (χ0n) is 17.1. The predicted molar refractivity (Wildman–Crippen MR) is 123 cm³/mol. The first-order chi connectivity index (χ1) is 15.6. The van der Waals surface area contributed by atoms with Crippen LogP contribution in [0, 0.1) is 0 Å². The lowest BCUT2D eigenvalue weighted by Crippen LogP contribution is -2.43. The lowest BCUT2D eigenvalue weighted by atomic mass is 10.1. The van der Waals surface area contributed by atoms with Gasteiger partial charge in [-0.05, 0) is 35.9 Å². The molecule has 7 heteroatoms. The van der Waals surface area contributed by atoms with E-state index in [4.69, 9.17) is 16.3 Å². The summed E-state index contributed by atoms with van der Waals surface area (Å²) in [6, 6.07) is 23.7. The second-order valence-corrected chi connectivity index (χ2v) is 8.05. The highest BCUT2D eigenvalue weighted by atomic mass is 35.5. The molecule has 6 nitrogen and oxygen atoms in total. The summed E-state index contributed by atoms with van der Waals surface area (Å²) in [4.78, 5) is 28.4. The maximum atomic E-state index is 13.6. The summed E-state index contributed by atoms with van der Waals surface area (Å²) in [5.74, 6) is -0.229. The number of ether oxygens (including phenoxy) is 1. The highest BCUT2D eigenvalue weighted by Crippen LogP contribution is 2.25. The number of fused-ring (bicyclic) bond motifs is 1. The number of rotatable bonds is 3. The lowest BCUT2D eigenvalue weighted by Gasteiger charge is -2.33. The Morgan fingerprint density at radius 1 is 0.938 bits per heavy atom. The van der Waals surface area contributed by atoms with Crippen LogP contribution in [0.15, 0.2) is 83.7 Å². The van der Waals surface area contributed by atoms with Gasteiger partial charge < -0.3 is 9.64 Å². The molecule has 32 heavy (non-hydrogen) atoms. The van der Waals surface area contributed by atoms with Gasteiger partial charge in [0.15, 0.2) is 5.69 Å². The molecule has 1 saturated heterocycles. The van der Waals surface area contributed by atoms with E-state index in [0.717, 1.165) is 5.56 Å². The van der Waals surface area contributed by atoms with Crippen molar-refractivity contribution in [3.63, 3.8) is 0 Å². The molecule has 4 aromatic rings. The molecule has 1 aromatic heterocycles. The van der Waals surface area contributed by atoms with Crippen molar-refractivity contribution in [2.75, 3.05) is 19.7 Å². The van der Waals surface area contributed by atoms with Gasteiger partial charge in [-0.1, -0.05) is 60.1 Å². The van der Waals surface area contributed by atoms with Crippen LogP contribution in [0.5, 0.6) is 0 Å². The molecule has 1 aliphatic heterocycles. The predicted octanol–water partition coefficient (Wildman–Crippen LogP) is 4.25. The van der Waals surface area contributed by atoms with Gasteiger partial charge in [0.2, 0.25) is 0 Å². The number of morpholine rings is 1. The third-order valence-electron chi connectivity index (χ3n) is 5.60. The van der Waals surface area contributed by atoms with Crippen LogP contribution >= 0.6 is 11.6 Å². The van der Waals surface area contributed by atoms with Gasteiger partial charge in [-0.3, -0.25) is 9.59 Å². The molecule has 0 saturated carbocycles. The Morgan fingerprint density at radius 2 is 1.62 bits per heavy atom. The first-order valence-electron chi connectivity index (χ1n) is 10.4. The Bertz CT molecular complexity index is 1340. The fourth-order valence-corrected chi connectivity index (χ4v) is 4.08. The van der Waals surface area contributed by atoms with Crippen LogP contribution in [0.3, 0.4) is 0 Å². The van der Waals surface area contributed by atoms with Crippen molar-refractivity contribution in [2.45, 2.75) is 6.10 Å². The van der Waals surface area contributed by atoms with E-state index in [1.54, 1.807) is 35.2 Å². The average molecular weight is 446 g/mol. The molecule has 1 unspecified atom stereocenters. The largest absolute Gasteiger partial charge is 0.370 e. The molecule has 1 atom stereocenters. The second kappa shape index (κ2) is 8.57. The number of hydrogen-bond donors (Lipinski definition) is 0. The third-order valence-corrected chi connectivity index (χ3v) is 5.86. The normalized spacial score (nSPS) is 16.3. The van der Waals surface area contributed by atoms with Crippen molar-refractivity contribution >= 4 is 28.3 Å². The number of aromatic nitrogens is 2. The molecule has 1 fully saturated rings. The van der Waals surface area contributed by atoms with E-state index in [1.165, 1.54) is 4.68 Å². The Balaban J connectivity index is 1.55. The minimum absolute atomic E-state index is 0.229. The summed E-state index contributed by atoms with van der Waals surface area (Å²) >= 11 is 6.00. The molecule has 0 N–H and O–H groups in total. The molecule has 1 aliphatic rings. The van der Waals surface area contributed by atoms with E-state index in [9.17, 15) is 9.59 Å². The monoisotopic (exact) mass is 445 g/mol. The molecule has 2 heterocycles. The molecule has 1 amide bonds. The zero-order chi connectivity index (χ0) is 22.1. The van der Waals surface area contributed by atoms with Crippen LogP contribution in [0.4, 0.5) is 0 Å². The zero-order valence-corrected chi connectivity index (χ0v) is 17.9. The van der Waals surface area contributed by atoms with E-state index in [-0.39, 0.29) is 23.3 Å². The number of halogens is 1. The van der Waals surface area contributed by atoms with E-state index in [1.807, 2.05) is 48.5 Å². The van der Waals surface area contributed by atoms with Crippen molar-refractivity contribution in [1.82, 2.24) is 14.7 Å². The van der Waals surface area contributed by atoms with Crippen LogP contribution in [-0.4, -0.2) is 40.3 Å². The Morgan fingerprint density at radius 3 is 2.38 bits per heavy atom. The van der Waals surface area contributed by atoms with Crippen LogP contribution in [0.25, 0.3) is 16.5 Å². The summed E-state index contributed by atoms with van der Waals surface area (Å²) in [7, 11) is 0. The summed E-state index contributed by atoms with van der Waals surface area (Å²) in [6.07, 6.45) is -0.253. The highest BCUT2D eigenvalue weighted by molar-refractivity contribution is 6.30. The van der Waals surface area contributed by atoms with Gasteiger partial charge >= 0.3 is 0 Å². The van der Waals surface area contributed by atoms with Gasteiger partial charge in [-0.15, -0.1) is 0 Å². The Hall–Kier alpha value is -3.48. The lowest BCUT2D eigenvalue weighted by molar-refractivity contribution is -0.0230. The van der Waals surface area contributed by atoms with E-state index in [0.29, 0.717) is 41.2 Å². The smallest absolute Gasteiger partial charge is 0.279 e. The molecular formula is C25H20ClN3O3. The highest BCUT2D eigenvalue weighted by Gasteiger charge is 2.29. The van der Waals surface area contributed by atoms with Crippen LogP contribution in [0.2, 0.25) is 5.02 Å².